The third kappa shape index (κ3) is 1.88. The summed E-state index contributed by atoms with van der Waals surface area (Å²) in [5.74, 6) is 1.05. The van der Waals surface area contributed by atoms with E-state index < -0.39 is 0 Å². The molecule has 1 aliphatic carbocycles. The molecule has 4 heteroatoms. The Hall–Kier alpha value is -0.610. The normalized spacial score (nSPS) is 39.1. The highest BCUT2D eigenvalue weighted by molar-refractivity contribution is 5.81. The van der Waals surface area contributed by atoms with E-state index in [0.29, 0.717) is 17.9 Å². The Bertz CT molecular complexity index is 250. The molecule has 0 bridgehead atoms. The SMILES string of the molecule is CON(C)C(=O)C1C(C)[C@@H]1[C@H]1CCCO1. The molecule has 2 rings (SSSR count). The molecule has 4 nitrogen and oxygen atoms in total. The van der Waals surface area contributed by atoms with Gasteiger partial charge in [-0.1, -0.05) is 6.92 Å². The molecule has 1 saturated heterocycles. The van der Waals surface area contributed by atoms with Crippen molar-refractivity contribution in [2.45, 2.75) is 25.9 Å². The molecule has 0 aromatic carbocycles. The van der Waals surface area contributed by atoms with Crippen molar-refractivity contribution >= 4 is 5.91 Å². The Morgan fingerprint density at radius 1 is 1.53 bits per heavy atom. The highest BCUT2D eigenvalue weighted by Gasteiger charge is 2.57. The molecule has 1 amide bonds. The maximum atomic E-state index is 11.9. The maximum Gasteiger partial charge on any atom is 0.249 e. The van der Waals surface area contributed by atoms with Crippen molar-refractivity contribution in [3.8, 4) is 0 Å². The molecule has 2 fully saturated rings. The predicted octanol–water partition coefficient (Wildman–Crippen LogP) is 1.07. The molecule has 0 N–H and O–H groups in total. The molecule has 0 radical (unpaired) electrons. The van der Waals surface area contributed by atoms with Gasteiger partial charge in [0.2, 0.25) is 5.91 Å². The summed E-state index contributed by atoms with van der Waals surface area (Å²) in [7, 11) is 3.19. The van der Waals surface area contributed by atoms with Gasteiger partial charge in [0.25, 0.3) is 0 Å². The third-order valence-electron chi connectivity index (χ3n) is 3.71. The summed E-state index contributed by atoms with van der Waals surface area (Å²) in [6.07, 6.45) is 2.55. The molecule has 86 valence electrons. The van der Waals surface area contributed by atoms with Crippen LogP contribution in [-0.2, 0) is 14.4 Å². The zero-order chi connectivity index (χ0) is 11.0. The fourth-order valence-corrected chi connectivity index (χ4v) is 2.66. The number of hydrogen-bond acceptors (Lipinski definition) is 3. The predicted molar refractivity (Wildman–Crippen MR) is 54.9 cm³/mol. The molecular weight excluding hydrogens is 194 g/mol. The minimum atomic E-state index is 0.0884. The van der Waals surface area contributed by atoms with Crippen molar-refractivity contribution in [1.29, 1.82) is 0 Å². The van der Waals surface area contributed by atoms with Gasteiger partial charge in [0.05, 0.1) is 13.2 Å². The second kappa shape index (κ2) is 4.10. The number of nitrogens with zero attached hydrogens (tertiary/aromatic N) is 1. The fourth-order valence-electron chi connectivity index (χ4n) is 2.66. The lowest BCUT2D eigenvalue weighted by Crippen LogP contribution is -2.28. The van der Waals surface area contributed by atoms with Crippen molar-refractivity contribution in [2.24, 2.45) is 17.8 Å². The van der Waals surface area contributed by atoms with Gasteiger partial charge in [-0.2, -0.15) is 0 Å². The Labute approximate surface area is 90.5 Å². The van der Waals surface area contributed by atoms with Gasteiger partial charge >= 0.3 is 0 Å². The van der Waals surface area contributed by atoms with E-state index in [1.807, 2.05) is 0 Å². The first-order chi connectivity index (χ1) is 7.16. The Morgan fingerprint density at radius 2 is 2.27 bits per heavy atom. The van der Waals surface area contributed by atoms with Gasteiger partial charge in [0.1, 0.15) is 0 Å². The Kier molecular flexibility index (Phi) is 2.98. The van der Waals surface area contributed by atoms with Gasteiger partial charge in [-0.25, -0.2) is 5.06 Å². The number of carbonyl (C=O) groups is 1. The van der Waals surface area contributed by atoms with Crippen LogP contribution in [0.2, 0.25) is 0 Å². The van der Waals surface area contributed by atoms with Crippen LogP contribution in [0.1, 0.15) is 19.8 Å². The maximum absolute atomic E-state index is 11.9. The molecule has 15 heavy (non-hydrogen) atoms. The summed E-state index contributed by atoms with van der Waals surface area (Å²) < 4.78 is 5.63. The smallest absolute Gasteiger partial charge is 0.249 e. The highest BCUT2D eigenvalue weighted by Crippen LogP contribution is 2.51. The van der Waals surface area contributed by atoms with Crippen LogP contribution in [-0.4, -0.2) is 37.8 Å². The van der Waals surface area contributed by atoms with E-state index in [2.05, 4.69) is 6.92 Å². The second-order valence-electron chi connectivity index (χ2n) is 4.53. The van der Waals surface area contributed by atoms with Gasteiger partial charge in [0, 0.05) is 25.5 Å². The number of hydrogen-bond donors (Lipinski definition) is 0. The lowest BCUT2D eigenvalue weighted by Gasteiger charge is -2.14. The molecular formula is C11H19NO3. The van der Waals surface area contributed by atoms with Crippen LogP contribution in [0.3, 0.4) is 0 Å². The van der Waals surface area contributed by atoms with Gasteiger partial charge in [0.15, 0.2) is 0 Å². The third-order valence-corrected chi connectivity index (χ3v) is 3.71. The molecule has 2 unspecified atom stereocenters. The molecule has 0 aromatic rings. The first kappa shape index (κ1) is 10.9. The Balaban J connectivity index is 1.92. The van der Waals surface area contributed by atoms with E-state index in [-0.39, 0.29) is 11.8 Å². The largest absolute Gasteiger partial charge is 0.378 e. The van der Waals surface area contributed by atoms with Crippen LogP contribution in [0.4, 0.5) is 0 Å². The minimum absolute atomic E-state index is 0.0884. The van der Waals surface area contributed by atoms with Crippen molar-refractivity contribution in [2.75, 3.05) is 20.8 Å². The molecule has 1 heterocycles. The van der Waals surface area contributed by atoms with Gasteiger partial charge in [-0.05, 0) is 18.8 Å². The zero-order valence-corrected chi connectivity index (χ0v) is 9.60. The lowest BCUT2D eigenvalue weighted by molar-refractivity contribution is -0.171. The van der Waals surface area contributed by atoms with E-state index in [1.54, 1.807) is 7.05 Å². The molecule has 1 aliphatic heterocycles. The van der Waals surface area contributed by atoms with Crippen LogP contribution in [0.25, 0.3) is 0 Å². The highest BCUT2D eigenvalue weighted by atomic mass is 16.7. The van der Waals surface area contributed by atoms with Crippen molar-refractivity contribution in [1.82, 2.24) is 5.06 Å². The van der Waals surface area contributed by atoms with Gasteiger partial charge in [-0.3, -0.25) is 9.63 Å². The first-order valence-electron chi connectivity index (χ1n) is 5.60. The summed E-state index contributed by atoms with van der Waals surface area (Å²) in [6.45, 7) is 2.98. The van der Waals surface area contributed by atoms with Gasteiger partial charge in [-0.15, -0.1) is 0 Å². The topological polar surface area (TPSA) is 38.8 Å². The summed E-state index contributed by atoms with van der Waals surface area (Å²) >= 11 is 0. The molecule has 0 spiro atoms. The number of hydroxylamine groups is 2. The van der Waals surface area contributed by atoms with E-state index in [9.17, 15) is 4.79 Å². The molecule has 1 saturated carbocycles. The minimum Gasteiger partial charge on any atom is -0.378 e. The average molecular weight is 213 g/mol. The van der Waals surface area contributed by atoms with Crippen LogP contribution in [0.15, 0.2) is 0 Å². The molecule has 4 atom stereocenters. The molecule has 0 aromatic heterocycles. The summed E-state index contributed by atoms with van der Waals surface area (Å²) in [5.41, 5.74) is 0. The van der Waals surface area contributed by atoms with Crippen LogP contribution < -0.4 is 0 Å². The number of carbonyl (C=O) groups excluding carboxylic acids is 1. The summed E-state index contributed by atoms with van der Waals surface area (Å²) in [4.78, 5) is 16.8. The van der Waals surface area contributed by atoms with Crippen molar-refractivity contribution < 1.29 is 14.4 Å². The van der Waals surface area contributed by atoms with E-state index >= 15 is 0 Å². The van der Waals surface area contributed by atoms with Crippen molar-refractivity contribution in [3.05, 3.63) is 0 Å². The van der Waals surface area contributed by atoms with E-state index in [4.69, 9.17) is 9.57 Å². The van der Waals surface area contributed by atoms with Crippen LogP contribution in [0.5, 0.6) is 0 Å². The zero-order valence-electron chi connectivity index (χ0n) is 9.60. The van der Waals surface area contributed by atoms with Gasteiger partial charge < -0.3 is 4.74 Å². The standard InChI is InChI=1S/C11H19NO3/c1-7-9(8-5-4-6-15-8)10(7)11(13)12(2)14-3/h7-10H,4-6H2,1-3H3/t7?,8-,9-,10?/m1/s1. The Morgan fingerprint density at radius 3 is 2.80 bits per heavy atom. The lowest BCUT2D eigenvalue weighted by atomic mass is 10.1. The number of rotatable bonds is 3. The summed E-state index contributed by atoms with van der Waals surface area (Å²) in [5, 5.41) is 1.33. The average Bonchev–Trinajstić information content (AvgIpc) is 2.70. The van der Waals surface area contributed by atoms with Crippen molar-refractivity contribution in [3.63, 3.8) is 0 Å². The van der Waals surface area contributed by atoms with E-state index in [1.165, 1.54) is 12.2 Å². The first-order valence-corrected chi connectivity index (χ1v) is 5.60. The summed E-state index contributed by atoms with van der Waals surface area (Å²) in [6, 6.07) is 0. The molecule has 2 aliphatic rings. The van der Waals surface area contributed by atoms with Crippen LogP contribution >= 0.6 is 0 Å². The number of ether oxygens (including phenoxy) is 1. The van der Waals surface area contributed by atoms with E-state index in [0.717, 1.165) is 19.4 Å². The fraction of sp³-hybridized carbons (Fsp3) is 0.909. The number of amides is 1. The monoisotopic (exact) mass is 213 g/mol. The second-order valence-corrected chi connectivity index (χ2v) is 4.53. The quantitative estimate of drug-likeness (QED) is 0.658. The van der Waals surface area contributed by atoms with Crippen LogP contribution in [0, 0.1) is 17.8 Å².